The number of aromatic nitrogens is 1. The molecule has 1 aromatic heterocycles. The first-order chi connectivity index (χ1) is 22.9. The molecule has 0 saturated heterocycles. The van der Waals surface area contributed by atoms with E-state index >= 15 is 0 Å². The molecule has 5 aromatic rings. The van der Waals surface area contributed by atoms with Gasteiger partial charge in [0.15, 0.2) is 0 Å². The minimum Gasteiger partial charge on any atom is -0.506 e. The third-order valence-corrected chi connectivity index (χ3v) is 8.46. The second-order valence-corrected chi connectivity index (χ2v) is 11.9. The first-order valence-electron chi connectivity index (χ1n) is 16.3. The predicted octanol–water partition coefficient (Wildman–Crippen LogP) is 7.18. The number of aliphatic hydroxyl groups excluding tert-OH is 1. The summed E-state index contributed by atoms with van der Waals surface area (Å²) >= 11 is 0. The number of H-pyrrole nitrogens is 1. The van der Waals surface area contributed by atoms with E-state index in [1.54, 1.807) is 12.1 Å². The summed E-state index contributed by atoms with van der Waals surface area (Å²) in [7, 11) is 0. The van der Waals surface area contributed by atoms with Gasteiger partial charge in [-0.05, 0) is 71.1 Å². The highest BCUT2D eigenvalue weighted by Gasteiger charge is 2.19. The van der Waals surface area contributed by atoms with Gasteiger partial charge < -0.3 is 35.7 Å². The molecule has 4 aromatic carbocycles. The van der Waals surface area contributed by atoms with Crippen LogP contribution in [-0.2, 0) is 0 Å². The lowest BCUT2D eigenvalue weighted by Gasteiger charge is -2.20. The van der Waals surface area contributed by atoms with E-state index in [2.05, 4.69) is 15.6 Å². The zero-order valence-electron chi connectivity index (χ0n) is 26.5. The maximum absolute atomic E-state index is 11.7. The Hall–Kier alpha value is -4.86. The lowest BCUT2D eigenvalue weighted by atomic mass is 9.93. The molecular weight excluding hydrogens is 594 g/mol. The number of carbonyl (C=O) groups is 1. The fourth-order valence-corrected chi connectivity index (χ4v) is 6.07. The molecule has 0 bridgehead atoms. The molecule has 47 heavy (non-hydrogen) atoms. The number of aliphatic hydroxyl groups is 1. The molecule has 1 amide bonds. The molecule has 1 heterocycles. The fourth-order valence-electron chi connectivity index (χ4n) is 6.07. The monoisotopic (exact) mass is 637 g/mol. The van der Waals surface area contributed by atoms with Crippen molar-refractivity contribution < 1.29 is 24.9 Å². The number of hydrogen-bond acceptors (Lipinski definition) is 6. The minimum absolute atomic E-state index is 0.0159. The average molecular weight is 638 g/mol. The van der Waals surface area contributed by atoms with Crippen molar-refractivity contribution in [3.8, 4) is 11.5 Å². The number of hydrogen-bond donors (Lipinski definition) is 6. The number of benzene rings is 4. The van der Waals surface area contributed by atoms with Crippen molar-refractivity contribution in [2.75, 3.05) is 19.7 Å². The number of carboxylic acid groups (broad SMARTS) is 1. The molecule has 0 saturated carbocycles. The van der Waals surface area contributed by atoms with E-state index in [1.165, 1.54) is 12.1 Å². The van der Waals surface area contributed by atoms with Crippen molar-refractivity contribution >= 4 is 27.8 Å². The van der Waals surface area contributed by atoms with Gasteiger partial charge in [-0.25, -0.2) is 4.79 Å². The van der Waals surface area contributed by atoms with Crippen molar-refractivity contribution in [3.05, 3.63) is 118 Å². The van der Waals surface area contributed by atoms with E-state index in [0.717, 1.165) is 79.1 Å². The standard InChI is InChI=1S/C38H43N3O6/c42-33-20-18-30(32-19-21-35(44)40-37(32)33)34(43)25-39-22-8-4-2-1-3-5-9-23-47-28-15-10-14-27(24-28)36(41-38(45)46)31-17-11-13-26-12-6-7-16-29(26)31/h6-7,10-21,24,34,36,39,41-43H,1-5,8-9,22-23,25H2,(H,40,44)(H,45,46). The van der Waals surface area contributed by atoms with Crippen molar-refractivity contribution in [3.63, 3.8) is 0 Å². The zero-order valence-corrected chi connectivity index (χ0v) is 26.5. The van der Waals surface area contributed by atoms with Crippen molar-refractivity contribution in [2.24, 2.45) is 0 Å². The van der Waals surface area contributed by atoms with E-state index in [9.17, 15) is 24.9 Å². The molecule has 0 aliphatic rings. The number of fused-ring (bicyclic) bond motifs is 2. The maximum Gasteiger partial charge on any atom is 0.405 e. The Morgan fingerprint density at radius 2 is 1.53 bits per heavy atom. The summed E-state index contributed by atoms with van der Waals surface area (Å²) in [6.45, 7) is 1.80. The van der Waals surface area contributed by atoms with E-state index in [-0.39, 0.29) is 11.3 Å². The smallest absolute Gasteiger partial charge is 0.405 e. The second kappa shape index (κ2) is 16.6. The van der Waals surface area contributed by atoms with Crippen molar-refractivity contribution in [1.82, 2.24) is 15.6 Å². The first kappa shape index (κ1) is 33.5. The molecular formula is C38H43N3O6. The van der Waals surface area contributed by atoms with Gasteiger partial charge in [0, 0.05) is 18.0 Å². The normalized spacial score (nSPS) is 12.6. The Labute approximate surface area is 274 Å². The van der Waals surface area contributed by atoms with Crippen LogP contribution in [0.2, 0.25) is 0 Å². The fraction of sp³-hybridized carbons (Fsp3) is 0.316. The number of unbranched alkanes of at least 4 members (excludes halogenated alkanes) is 6. The van der Waals surface area contributed by atoms with E-state index in [1.807, 2.05) is 66.7 Å². The second-order valence-electron chi connectivity index (χ2n) is 11.9. The number of ether oxygens (including phenoxy) is 1. The van der Waals surface area contributed by atoms with Gasteiger partial charge in [-0.2, -0.15) is 0 Å². The molecule has 246 valence electrons. The van der Waals surface area contributed by atoms with Gasteiger partial charge in [0.05, 0.1) is 24.3 Å². The van der Waals surface area contributed by atoms with Crippen LogP contribution >= 0.6 is 0 Å². The van der Waals surface area contributed by atoms with Gasteiger partial charge in [0.25, 0.3) is 0 Å². The Kier molecular flexibility index (Phi) is 11.9. The van der Waals surface area contributed by atoms with Crippen LogP contribution in [0.25, 0.3) is 21.7 Å². The quantitative estimate of drug-likeness (QED) is 0.0593. The van der Waals surface area contributed by atoms with Gasteiger partial charge in [0.2, 0.25) is 5.56 Å². The predicted molar refractivity (Wildman–Crippen MR) is 185 cm³/mol. The number of aromatic amines is 1. The highest BCUT2D eigenvalue weighted by atomic mass is 16.5. The van der Waals surface area contributed by atoms with Crippen LogP contribution in [0, 0.1) is 0 Å². The lowest BCUT2D eigenvalue weighted by Crippen LogP contribution is -2.27. The number of rotatable bonds is 17. The summed E-state index contributed by atoms with van der Waals surface area (Å²) in [6.07, 6.45) is 5.77. The molecule has 0 radical (unpaired) electrons. The summed E-state index contributed by atoms with van der Waals surface area (Å²) in [5, 5.41) is 39.0. The van der Waals surface area contributed by atoms with Crippen LogP contribution in [-0.4, -0.2) is 46.1 Å². The van der Waals surface area contributed by atoms with Crippen LogP contribution in [0.4, 0.5) is 4.79 Å². The Bertz CT molecular complexity index is 1830. The third kappa shape index (κ3) is 9.12. The molecule has 0 fully saturated rings. The summed E-state index contributed by atoms with van der Waals surface area (Å²) in [5.41, 5.74) is 2.44. The number of phenols is 1. The molecule has 0 spiro atoms. The molecule has 0 aliphatic heterocycles. The molecule has 9 nitrogen and oxygen atoms in total. The van der Waals surface area contributed by atoms with Crippen LogP contribution in [0.15, 0.2) is 95.8 Å². The van der Waals surface area contributed by atoms with E-state index in [0.29, 0.717) is 29.6 Å². The van der Waals surface area contributed by atoms with Crippen molar-refractivity contribution in [2.45, 2.75) is 57.1 Å². The number of phenolic OH excluding ortho intramolecular Hbond substituents is 1. The Morgan fingerprint density at radius 1 is 0.787 bits per heavy atom. The highest BCUT2D eigenvalue weighted by Crippen LogP contribution is 2.31. The molecule has 6 N–H and O–H groups in total. The summed E-state index contributed by atoms with van der Waals surface area (Å²) in [4.78, 5) is 26.0. The summed E-state index contributed by atoms with van der Waals surface area (Å²) < 4.78 is 6.05. The average Bonchev–Trinajstić information content (AvgIpc) is 3.08. The van der Waals surface area contributed by atoms with Gasteiger partial charge in [-0.1, -0.05) is 92.8 Å². The zero-order chi connectivity index (χ0) is 33.0. The largest absolute Gasteiger partial charge is 0.506 e. The number of amides is 1. The highest BCUT2D eigenvalue weighted by molar-refractivity contribution is 5.88. The van der Waals surface area contributed by atoms with Gasteiger partial charge >= 0.3 is 6.09 Å². The number of pyridine rings is 1. The third-order valence-electron chi connectivity index (χ3n) is 8.46. The minimum atomic E-state index is -1.08. The Balaban J connectivity index is 0.977. The van der Waals surface area contributed by atoms with Gasteiger partial charge in [-0.3, -0.25) is 4.79 Å². The SMILES string of the molecule is O=C(O)NC(c1cccc(OCCCCCCCCCNCC(O)c2ccc(O)c3[nH]c(=O)ccc23)c1)c1cccc2ccccc12. The molecule has 0 aliphatic carbocycles. The molecule has 2 unspecified atom stereocenters. The van der Waals surface area contributed by atoms with Crippen LogP contribution in [0.1, 0.15) is 73.8 Å². The topological polar surface area (TPSA) is 144 Å². The van der Waals surface area contributed by atoms with Crippen LogP contribution < -0.4 is 20.9 Å². The Morgan fingerprint density at radius 3 is 2.36 bits per heavy atom. The number of nitrogens with one attached hydrogen (secondary N) is 3. The molecule has 9 heteroatoms. The summed E-state index contributed by atoms with van der Waals surface area (Å²) in [6, 6.07) is 27.2. The van der Waals surface area contributed by atoms with Gasteiger partial charge in [0.1, 0.15) is 11.5 Å². The number of aromatic hydroxyl groups is 1. The van der Waals surface area contributed by atoms with Crippen LogP contribution in [0.3, 0.4) is 0 Å². The first-order valence-corrected chi connectivity index (χ1v) is 16.3. The van der Waals surface area contributed by atoms with E-state index in [4.69, 9.17) is 4.74 Å². The summed E-state index contributed by atoms with van der Waals surface area (Å²) in [5.74, 6) is 0.712. The molecule has 2 atom stereocenters. The van der Waals surface area contributed by atoms with Gasteiger partial charge in [-0.15, -0.1) is 0 Å². The molecule has 5 rings (SSSR count). The maximum atomic E-state index is 11.7. The van der Waals surface area contributed by atoms with Crippen molar-refractivity contribution in [1.29, 1.82) is 0 Å². The van der Waals surface area contributed by atoms with E-state index < -0.39 is 18.2 Å². The van der Waals surface area contributed by atoms with Crippen LogP contribution in [0.5, 0.6) is 11.5 Å². The lowest BCUT2D eigenvalue weighted by molar-refractivity contribution is 0.176.